The van der Waals surface area contributed by atoms with Crippen molar-refractivity contribution in [2.75, 3.05) is 25.4 Å². The maximum absolute atomic E-state index is 13.7. The molecule has 9 heteroatoms. The zero-order valence-electron chi connectivity index (χ0n) is 22.5. The molecular formula is C30H37N5O4. The molecule has 39 heavy (non-hydrogen) atoms. The Balaban J connectivity index is 1.40. The molecule has 0 aliphatic carbocycles. The number of rotatable bonds is 8. The molecule has 1 aromatic heterocycles. The van der Waals surface area contributed by atoms with Crippen molar-refractivity contribution in [2.45, 2.75) is 64.5 Å². The first-order valence-corrected chi connectivity index (χ1v) is 13.8. The Hall–Kier alpha value is -3.53. The summed E-state index contributed by atoms with van der Waals surface area (Å²) < 4.78 is 2.38. The van der Waals surface area contributed by atoms with Gasteiger partial charge < -0.3 is 10.8 Å². The summed E-state index contributed by atoms with van der Waals surface area (Å²) in [5.41, 5.74) is 8.40. The number of aliphatic hydroxyl groups is 1. The highest BCUT2D eigenvalue weighted by Gasteiger charge is 2.35. The molecule has 9 nitrogen and oxygen atoms in total. The van der Waals surface area contributed by atoms with Crippen LogP contribution in [0.25, 0.3) is 0 Å². The number of ketones is 1. The zero-order chi connectivity index (χ0) is 27.5. The van der Waals surface area contributed by atoms with E-state index in [-0.39, 0.29) is 37.1 Å². The molecule has 1 saturated heterocycles. The molecule has 1 unspecified atom stereocenters. The summed E-state index contributed by atoms with van der Waals surface area (Å²) >= 11 is 0. The Bertz CT molecular complexity index is 1450. The van der Waals surface area contributed by atoms with E-state index < -0.39 is 23.3 Å². The maximum atomic E-state index is 13.7. The number of nitrogens with two attached hydrogens (primary N) is 1. The molecule has 3 N–H and O–H groups in total. The molecule has 0 bridgehead atoms. The van der Waals surface area contributed by atoms with Gasteiger partial charge in [-0.3, -0.25) is 28.5 Å². The fraction of sp³-hybridized carbons (Fsp3) is 0.433. The van der Waals surface area contributed by atoms with Crippen molar-refractivity contribution in [3.05, 3.63) is 97.7 Å². The third kappa shape index (κ3) is 5.48. The number of aromatic nitrogens is 2. The first-order chi connectivity index (χ1) is 18.9. The maximum Gasteiger partial charge on any atom is 0.332 e. The van der Waals surface area contributed by atoms with Gasteiger partial charge in [-0.15, -0.1) is 0 Å². The molecule has 3 aromatic rings. The average Bonchev–Trinajstić information content (AvgIpc) is 2.96. The SMILES string of the molecule is CCn1c(=O)c(C(=O)CN2CCCC[C@@H]2C(O)N2CCc3ccccc3C2)c(N)n(Cc2ccccc2)c1=O. The lowest BCUT2D eigenvalue weighted by atomic mass is 9.95. The fourth-order valence-corrected chi connectivity index (χ4v) is 5.98. The van der Waals surface area contributed by atoms with Crippen LogP contribution >= 0.6 is 0 Å². The van der Waals surface area contributed by atoms with E-state index in [9.17, 15) is 19.5 Å². The standard InChI is InChI=1S/C30H37N5O4/c1-2-34-29(38)26(27(31)35(30(34)39)18-21-10-4-3-5-11-21)25(36)20-32-16-9-8-14-24(32)28(37)33-17-15-22-12-6-7-13-23(22)19-33/h3-7,10-13,24,28,37H,2,8-9,14-20,31H2,1H3/t24-,28?/m1/s1. The van der Waals surface area contributed by atoms with Crippen molar-refractivity contribution >= 4 is 11.6 Å². The van der Waals surface area contributed by atoms with E-state index in [0.29, 0.717) is 13.1 Å². The van der Waals surface area contributed by atoms with Gasteiger partial charge in [0.25, 0.3) is 5.56 Å². The Kier molecular flexibility index (Phi) is 8.11. The molecular weight excluding hydrogens is 494 g/mol. The monoisotopic (exact) mass is 531 g/mol. The molecule has 206 valence electrons. The van der Waals surface area contributed by atoms with Gasteiger partial charge in [-0.1, -0.05) is 61.0 Å². The molecule has 2 atom stereocenters. The van der Waals surface area contributed by atoms with E-state index in [4.69, 9.17) is 5.73 Å². The molecule has 0 radical (unpaired) electrons. The number of nitrogen functional groups attached to an aromatic ring is 1. The van der Waals surface area contributed by atoms with E-state index >= 15 is 0 Å². The molecule has 2 aliphatic heterocycles. The minimum absolute atomic E-state index is 0.0428. The molecule has 0 amide bonds. The quantitative estimate of drug-likeness (QED) is 0.428. The minimum atomic E-state index is -0.733. The van der Waals surface area contributed by atoms with Crippen LogP contribution in [0.15, 0.2) is 64.2 Å². The molecule has 1 fully saturated rings. The van der Waals surface area contributed by atoms with Crippen molar-refractivity contribution < 1.29 is 9.90 Å². The van der Waals surface area contributed by atoms with Crippen LogP contribution in [-0.4, -0.2) is 61.7 Å². The number of anilines is 1. The number of nitrogens with zero attached hydrogens (tertiary/aromatic N) is 4. The predicted molar refractivity (Wildman–Crippen MR) is 151 cm³/mol. The molecule has 0 saturated carbocycles. The topological polar surface area (TPSA) is 114 Å². The van der Waals surface area contributed by atoms with Crippen molar-refractivity contribution in [3.8, 4) is 0 Å². The summed E-state index contributed by atoms with van der Waals surface area (Å²) in [4.78, 5) is 44.1. The number of fused-ring (bicyclic) bond motifs is 1. The third-order valence-corrected chi connectivity index (χ3v) is 8.14. The molecule has 2 aromatic carbocycles. The number of Topliss-reactive ketones (excluding diaryl/α,β-unsaturated/α-hetero) is 1. The second kappa shape index (κ2) is 11.7. The van der Waals surface area contributed by atoms with Crippen LogP contribution in [0.3, 0.4) is 0 Å². The highest BCUT2D eigenvalue weighted by molar-refractivity contribution is 6.01. The molecule has 3 heterocycles. The Morgan fingerprint density at radius 2 is 1.72 bits per heavy atom. The second-order valence-corrected chi connectivity index (χ2v) is 10.5. The Morgan fingerprint density at radius 1 is 1.00 bits per heavy atom. The van der Waals surface area contributed by atoms with Gasteiger partial charge in [0.2, 0.25) is 0 Å². The predicted octanol–water partition coefficient (Wildman–Crippen LogP) is 2.07. The number of carbonyl (C=O) groups is 1. The molecule has 2 aliphatic rings. The van der Waals surface area contributed by atoms with Crippen molar-refractivity contribution in [2.24, 2.45) is 0 Å². The number of hydrogen-bond donors (Lipinski definition) is 2. The van der Waals surface area contributed by atoms with Gasteiger partial charge in [0.05, 0.1) is 13.1 Å². The van der Waals surface area contributed by atoms with Crippen molar-refractivity contribution in [1.29, 1.82) is 0 Å². The largest absolute Gasteiger partial charge is 0.384 e. The number of likely N-dealkylation sites (tertiary alicyclic amines) is 1. The van der Waals surface area contributed by atoms with Crippen molar-refractivity contribution in [3.63, 3.8) is 0 Å². The Morgan fingerprint density at radius 3 is 2.46 bits per heavy atom. The van der Waals surface area contributed by atoms with Gasteiger partial charge in [-0.2, -0.15) is 0 Å². The lowest BCUT2D eigenvalue weighted by Gasteiger charge is -2.43. The van der Waals surface area contributed by atoms with E-state index in [2.05, 4.69) is 17.0 Å². The third-order valence-electron chi connectivity index (χ3n) is 8.14. The van der Waals surface area contributed by atoms with Crippen molar-refractivity contribution in [1.82, 2.24) is 18.9 Å². The van der Waals surface area contributed by atoms with E-state index in [1.165, 1.54) is 15.7 Å². The minimum Gasteiger partial charge on any atom is -0.384 e. The fourth-order valence-electron chi connectivity index (χ4n) is 5.98. The van der Waals surface area contributed by atoms with Gasteiger partial charge in [0.1, 0.15) is 17.6 Å². The number of hydrogen-bond acceptors (Lipinski definition) is 7. The summed E-state index contributed by atoms with van der Waals surface area (Å²) in [5, 5.41) is 11.5. The number of benzene rings is 2. The lowest BCUT2D eigenvalue weighted by molar-refractivity contribution is -0.0764. The summed E-state index contributed by atoms with van der Waals surface area (Å²) in [5.74, 6) is -0.533. The summed E-state index contributed by atoms with van der Waals surface area (Å²) in [6.07, 6.45) is 2.76. The van der Waals surface area contributed by atoms with Crippen LogP contribution in [0.1, 0.15) is 53.2 Å². The summed E-state index contributed by atoms with van der Waals surface area (Å²) in [6.45, 7) is 4.00. The first kappa shape index (κ1) is 27.1. The van der Waals surface area contributed by atoms with Crippen LogP contribution in [0.5, 0.6) is 0 Å². The first-order valence-electron chi connectivity index (χ1n) is 13.8. The normalized spacial score (nSPS) is 19.0. The summed E-state index contributed by atoms with van der Waals surface area (Å²) in [7, 11) is 0. The number of piperidine rings is 1. The average molecular weight is 532 g/mol. The number of aliphatic hydroxyl groups excluding tert-OH is 1. The van der Waals surface area contributed by atoms with E-state index in [1.807, 2.05) is 47.4 Å². The van der Waals surface area contributed by atoms with Gasteiger partial charge in [0.15, 0.2) is 5.78 Å². The van der Waals surface area contributed by atoms with E-state index in [0.717, 1.165) is 42.4 Å². The molecule has 5 rings (SSSR count). The van der Waals surface area contributed by atoms with Gasteiger partial charge >= 0.3 is 5.69 Å². The van der Waals surface area contributed by atoms with Crippen LogP contribution in [0.4, 0.5) is 5.82 Å². The van der Waals surface area contributed by atoms with Gasteiger partial charge in [-0.25, -0.2) is 4.79 Å². The van der Waals surface area contributed by atoms with Crippen LogP contribution in [0.2, 0.25) is 0 Å². The smallest absolute Gasteiger partial charge is 0.332 e. The highest BCUT2D eigenvalue weighted by Crippen LogP contribution is 2.26. The number of carbonyl (C=O) groups excluding carboxylic acids is 1. The zero-order valence-corrected chi connectivity index (χ0v) is 22.5. The van der Waals surface area contributed by atoms with Crippen LogP contribution < -0.4 is 17.0 Å². The summed E-state index contributed by atoms with van der Waals surface area (Å²) in [6, 6.07) is 17.4. The Labute approximate surface area is 228 Å². The second-order valence-electron chi connectivity index (χ2n) is 10.5. The van der Waals surface area contributed by atoms with Crippen LogP contribution in [-0.2, 0) is 26.1 Å². The molecule has 0 spiro atoms. The van der Waals surface area contributed by atoms with Gasteiger partial charge in [-0.05, 0) is 49.4 Å². The van der Waals surface area contributed by atoms with E-state index in [1.54, 1.807) is 6.92 Å². The highest BCUT2D eigenvalue weighted by atomic mass is 16.3. The lowest BCUT2D eigenvalue weighted by Crippen LogP contribution is -2.56. The van der Waals surface area contributed by atoms with Crippen LogP contribution in [0, 0.1) is 0 Å². The van der Waals surface area contributed by atoms with Gasteiger partial charge in [0, 0.05) is 25.7 Å².